The van der Waals surface area contributed by atoms with Crippen molar-refractivity contribution in [3.8, 4) is 0 Å². The molecule has 0 amide bonds. The summed E-state index contributed by atoms with van der Waals surface area (Å²) < 4.78 is 0. The Morgan fingerprint density at radius 1 is 1.40 bits per heavy atom. The lowest BCUT2D eigenvalue weighted by Gasteiger charge is -2.49. The third kappa shape index (κ3) is 2.07. The van der Waals surface area contributed by atoms with E-state index >= 15 is 0 Å². The van der Waals surface area contributed by atoms with Crippen LogP contribution in [0.25, 0.3) is 0 Å². The predicted octanol–water partition coefficient (Wildman–Crippen LogP) is 2.10. The number of likely N-dealkylation sites (N-methyl/N-ethyl adjacent to an activating group) is 1. The van der Waals surface area contributed by atoms with Crippen LogP contribution in [0.2, 0.25) is 0 Å². The van der Waals surface area contributed by atoms with Gasteiger partial charge in [-0.25, -0.2) is 0 Å². The molecule has 2 atom stereocenters. The lowest BCUT2D eigenvalue weighted by atomic mass is 9.87. The fourth-order valence-corrected chi connectivity index (χ4v) is 3.00. The van der Waals surface area contributed by atoms with Crippen molar-refractivity contribution in [2.24, 2.45) is 11.8 Å². The monoisotopic (exact) mass is 210 g/mol. The summed E-state index contributed by atoms with van der Waals surface area (Å²) in [6, 6.07) is 0.691. The van der Waals surface area contributed by atoms with Crippen molar-refractivity contribution in [3.63, 3.8) is 0 Å². The zero-order valence-electron chi connectivity index (χ0n) is 10.7. The molecule has 1 saturated carbocycles. The molecule has 2 nitrogen and oxygen atoms in total. The van der Waals surface area contributed by atoms with Crippen molar-refractivity contribution in [1.29, 1.82) is 0 Å². The molecular weight excluding hydrogens is 184 g/mol. The largest absolute Gasteiger partial charge is 0.311 e. The summed E-state index contributed by atoms with van der Waals surface area (Å²) in [6.45, 7) is 13.0. The van der Waals surface area contributed by atoms with Crippen LogP contribution in [0, 0.1) is 11.8 Å². The first-order valence-corrected chi connectivity index (χ1v) is 6.56. The molecule has 1 saturated heterocycles. The van der Waals surface area contributed by atoms with E-state index in [4.69, 9.17) is 0 Å². The van der Waals surface area contributed by atoms with Gasteiger partial charge in [-0.15, -0.1) is 0 Å². The summed E-state index contributed by atoms with van der Waals surface area (Å²) in [5.41, 5.74) is 0.445. The Balaban J connectivity index is 2.04. The predicted molar refractivity (Wildman–Crippen MR) is 65.0 cm³/mol. The summed E-state index contributed by atoms with van der Waals surface area (Å²) in [5.74, 6) is 1.71. The van der Waals surface area contributed by atoms with Crippen molar-refractivity contribution in [1.82, 2.24) is 10.2 Å². The molecule has 1 aliphatic heterocycles. The maximum absolute atomic E-state index is 3.75. The van der Waals surface area contributed by atoms with E-state index in [1.165, 1.54) is 32.5 Å². The highest BCUT2D eigenvalue weighted by Gasteiger charge is 2.47. The average molecular weight is 210 g/mol. The van der Waals surface area contributed by atoms with Gasteiger partial charge in [0.2, 0.25) is 0 Å². The van der Waals surface area contributed by atoms with E-state index in [9.17, 15) is 0 Å². The molecule has 2 unspecified atom stereocenters. The summed E-state index contributed by atoms with van der Waals surface area (Å²) >= 11 is 0. The molecule has 1 heterocycles. The third-order valence-corrected chi connectivity index (χ3v) is 4.50. The van der Waals surface area contributed by atoms with Gasteiger partial charge in [0.15, 0.2) is 0 Å². The fourth-order valence-electron chi connectivity index (χ4n) is 3.00. The molecule has 0 aromatic heterocycles. The number of rotatable bonds is 3. The topological polar surface area (TPSA) is 15.3 Å². The second kappa shape index (κ2) is 4.06. The van der Waals surface area contributed by atoms with Crippen LogP contribution in [0.5, 0.6) is 0 Å². The quantitative estimate of drug-likeness (QED) is 0.767. The molecule has 0 aromatic rings. The minimum absolute atomic E-state index is 0.445. The van der Waals surface area contributed by atoms with Crippen LogP contribution in [-0.4, -0.2) is 36.1 Å². The van der Waals surface area contributed by atoms with Gasteiger partial charge in [-0.05, 0) is 38.1 Å². The van der Waals surface area contributed by atoms with Crippen molar-refractivity contribution in [3.05, 3.63) is 0 Å². The number of nitrogens with one attached hydrogen (secondary N) is 1. The molecule has 2 rings (SSSR count). The van der Waals surface area contributed by atoms with E-state index in [0.29, 0.717) is 11.6 Å². The van der Waals surface area contributed by atoms with Gasteiger partial charge in [-0.1, -0.05) is 20.8 Å². The summed E-state index contributed by atoms with van der Waals surface area (Å²) in [6.07, 6.45) is 2.89. The zero-order chi connectivity index (χ0) is 11.1. The first kappa shape index (κ1) is 11.4. The van der Waals surface area contributed by atoms with Crippen LogP contribution in [0.4, 0.5) is 0 Å². The molecule has 0 bridgehead atoms. The highest BCUT2D eigenvalue weighted by atomic mass is 15.3. The molecule has 15 heavy (non-hydrogen) atoms. The van der Waals surface area contributed by atoms with Crippen LogP contribution in [0.3, 0.4) is 0 Å². The summed E-state index contributed by atoms with van der Waals surface area (Å²) in [4.78, 5) is 2.71. The van der Waals surface area contributed by atoms with Gasteiger partial charge < -0.3 is 5.32 Å². The van der Waals surface area contributed by atoms with Gasteiger partial charge in [-0.3, -0.25) is 4.90 Å². The fraction of sp³-hybridized carbons (Fsp3) is 1.00. The Morgan fingerprint density at radius 3 is 2.53 bits per heavy atom. The number of piperazine rings is 1. The molecule has 88 valence electrons. The normalized spacial score (nSPS) is 38.6. The molecule has 1 N–H and O–H groups in total. The standard InChI is InChI=1S/C13H26N2/c1-5-15-8-12(10(2)3)14-9-13(15,4)11-6-7-11/h10-12,14H,5-9H2,1-4H3. The van der Waals surface area contributed by atoms with E-state index in [0.717, 1.165) is 11.8 Å². The SMILES string of the molecule is CCN1CC(C(C)C)NCC1(C)C1CC1. The number of hydrogen-bond donors (Lipinski definition) is 1. The molecule has 0 aromatic carbocycles. The molecule has 0 radical (unpaired) electrons. The first-order valence-electron chi connectivity index (χ1n) is 6.56. The van der Waals surface area contributed by atoms with Crippen LogP contribution < -0.4 is 5.32 Å². The second-order valence-electron chi connectivity index (χ2n) is 5.90. The molecule has 2 fully saturated rings. The third-order valence-electron chi connectivity index (χ3n) is 4.50. The lowest BCUT2D eigenvalue weighted by Crippen LogP contribution is -2.65. The van der Waals surface area contributed by atoms with Gasteiger partial charge in [0, 0.05) is 24.7 Å². The maximum Gasteiger partial charge on any atom is 0.0334 e. The Labute approximate surface area is 94.4 Å². The van der Waals surface area contributed by atoms with E-state index in [1.54, 1.807) is 0 Å². The van der Waals surface area contributed by atoms with Gasteiger partial charge in [-0.2, -0.15) is 0 Å². The van der Waals surface area contributed by atoms with Crippen molar-refractivity contribution in [2.45, 2.75) is 52.1 Å². The van der Waals surface area contributed by atoms with Crippen LogP contribution in [0.1, 0.15) is 40.5 Å². The van der Waals surface area contributed by atoms with Gasteiger partial charge in [0.05, 0.1) is 0 Å². The molecule has 0 spiro atoms. The highest BCUT2D eigenvalue weighted by molar-refractivity contribution is 5.04. The average Bonchev–Trinajstić information content (AvgIpc) is 3.01. The molecule has 2 heteroatoms. The van der Waals surface area contributed by atoms with Crippen LogP contribution in [-0.2, 0) is 0 Å². The maximum atomic E-state index is 3.75. The Hall–Kier alpha value is -0.0800. The Morgan fingerprint density at radius 2 is 2.07 bits per heavy atom. The van der Waals surface area contributed by atoms with Gasteiger partial charge >= 0.3 is 0 Å². The minimum Gasteiger partial charge on any atom is -0.311 e. The molecule has 2 aliphatic rings. The Bertz CT molecular complexity index is 223. The molecular formula is C13H26N2. The number of hydrogen-bond acceptors (Lipinski definition) is 2. The Kier molecular flexibility index (Phi) is 3.09. The van der Waals surface area contributed by atoms with Crippen LogP contribution in [0.15, 0.2) is 0 Å². The minimum atomic E-state index is 0.445. The van der Waals surface area contributed by atoms with E-state index in [1.807, 2.05) is 0 Å². The van der Waals surface area contributed by atoms with E-state index < -0.39 is 0 Å². The number of nitrogens with zero attached hydrogens (tertiary/aromatic N) is 1. The molecule has 1 aliphatic carbocycles. The second-order valence-corrected chi connectivity index (χ2v) is 5.90. The van der Waals surface area contributed by atoms with Gasteiger partial charge in [0.1, 0.15) is 0 Å². The van der Waals surface area contributed by atoms with Crippen LogP contribution >= 0.6 is 0 Å². The zero-order valence-corrected chi connectivity index (χ0v) is 10.7. The lowest BCUT2D eigenvalue weighted by molar-refractivity contribution is 0.0302. The first-order chi connectivity index (χ1) is 7.08. The van der Waals surface area contributed by atoms with E-state index in [2.05, 4.69) is 37.9 Å². The summed E-state index contributed by atoms with van der Waals surface area (Å²) in [5, 5.41) is 3.75. The van der Waals surface area contributed by atoms with Gasteiger partial charge in [0.25, 0.3) is 0 Å². The van der Waals surface area contributed by atoms with Crippen molar-refractivity contribution < 1.29 is 0 Å². The van der Waals surface area contributed by atoms with Crippen molar-refractivity contribution >= 4 is 0 Å². The van der Waals surface area contributed by atoms with E-state index in [-0.39, 0.29) is 0 Å². The summed E-state index contributed by atoms with van der Waals surface area (Å²) in [7, 11) is 0. The van der Waals surface area contributed by atoms with Crippen molar-refractivity contribution in [2.75, 3.05) is 19.6 Å². The smallest absolute Gasteiger partial charge is 0.0334 e. The highest BCUT2D eigenvalue weighted by Crippen LogP contribution is 2.44.